The molecule has 0 bridgehead atoms. The molecule has 1 atom stereocenters. The monoisotopic (exact) mass is 152 g/mol. The highest BCUT2D eigenvalue weighted by molar-refractivity contribution is 5.23. The number of rotatable bonds is 3. The molecule has 1 aromatic rings. The maximum absolute atomic E-state index is 5.40. The van der Waals surface area contributed by atoms with E-state index < -0.39 is 0 Å². The average molecular weight is 152 g/mol. The molecule has 3 N–H and O–H groups in total. The van der Waals surface area contributed by atoms with Crippen LogP contribution in [0.15, 0.2) is 18.5 Å². The number of hydrogen-bond acceptors (Lipinski definition) is 4. The summed E-state index contributed by atoms with van der Waals surface area (Å²) in [5.41, 5.74) is 5.40. The highest BCUT2D eigenvalue weighted by atomic mass is 15.1. The number of anilines is 1. The van der Waals surface area contributed by atoms with Gasteiger partial charge in [-0.2, -0.15) is 0 Å². The van der Waals surface area contributed by atoms with Crippen LogP contribution in [0.4, 0.5) is 5.95 Å². The molecule has 4 nitrogen and oxygen atoms in total. The van der Waals surface area contributed by atoms with Crippen LogP contribution in [0.3, 0.4) is 0 Å². The van der Waals surface area contributed by atoms with E-state index in [1.807, 2.05) is 6.92 Å². The third-order valence-corrected chi connectivity index (χ3v) is 1.29. The summed E-state index contributed by atoms with van der Waals surface area (Å²) >= 11 is 0. The molecule has 0 unspecified atom stereocenters. The van der Waals surface area contributed by atoms with Crippen LogP contribution in [0.5, 0.6) is 0 Å². The second kappa shape index (κ2) is 3.88. The van der Waals surface area contributed by atoms with Crippen LogP contribution >= 0.6 is 0 Å². The first-order chi connectivity index (χ1) is 5.33. The van der Waals surface area contributed by atoms with Gasteiger partial charge in [0.1, 0.15) is 0 Å². The van der Waals surface area contributed by atoms with Crippen molar-refractivity contribution >= 4 is 5.95 Å². The second-order valence-electron chi connectivity index (χ2n) is 2.35. The molecular weight excluding hydrogens is 140 g/mol. The van der Waals surface area contributed by atoms with Crippen LogP contribution in [0, 0.1) is 0 Å². The molecule has 60 valence electrons. The van der Waals surface area contributed by atoms with Crippen molar-refractivity contribution in [1.29, 1.82) is 0 Å². The Morgan fingerprint density at radius 1 is 1.55 bits per heavy atom. The third kappa shape index (κ3) is 2.51. The van der Waals surface area contributed by atoms with Gasteiger partial charge in [0.15, 0.2) is 0 Å². The lowest BCUT2D eigenvalue weighted by atomic mass is 10.3. The van der Waals surface area contributed by atoms with Gasteiger partial charge in [-0.05, 0) is 13.0 Å². The summed E-state index contributed by atoms with van der Waals surface area (Å²) < 4.78 is 0. The molecule has 0 aliphatic heterocycles. The fraction of sp³-hybridized carbons (Fsp3) is 0.429. The van der Waals surface area contributed by atoms with Gasteiger partial charge in [-0.1, -0.05) is 0 Å². The molecule has 0 aliphatic carbocycles. The van der Waals surface area contributed by atoms with Crippen LogP contribution in [0.25, 0.3) is 0 Å². The molecule has 0 saturated carbocycles. The Balaban J connectivity index is 2.51. The predicted molar refractivity (Wildman–Crippen MR) is 44.2 cm³/mol. The van der Waals surface area contributed by atoms with Crippen molar-refractivity contribution in [2.75, 3.05) is 11.9 Å². The first-order valence-corrected chi connectivity index (χ1v) is 3.56. The zero-order chi connectivity index (χ0) is 8.10. The summed E-state index contributed by atoms with van der Waals surface area (Å²) in [7, 11) is 0. The van der Waals surface area contributed by atoms with Gasteiger partial charge in [0.2, 0.25) is 5.95 Å². The van der Waals surface area contributed by atoms with E-state index in [9.17, 15) is 0 Å². The van der Waals surface area contributed by atoms with Gasteiger partial charge < -0.3 is 11.1 Å². The van der Waals surface area contributed by atoms with Crippen LogP contribution < -0.4 is 11.1 Å². The summed E-state index contributed by atoms with van der Waals surface area (Å²) in [6, 6.07) is 2.00. The van der Waals surface area contributed by atoms with Crippen LogP contribution in [-0.4, -0.2) is 22.6 Å². The summed E-state index contributed by atoms with van der Waals surface area (Å²) in [6.45, 7) is 2.56. The molecule has 0 aliphatic rings. The van der Waals surface area contributed by atoms with Crippen molar-refractivity contribution in [1.82, 2.24) is 9.97 Å². The molecule has 1 heterocycles. The van der Waals surface area contributed by atoms with E-state index in [1.165, 1.54) is 0 Å². The molecule has 0 fully saturated rings. The molecule has 0 amide bonds. The Bertz CT molecular complexity index is 199. The van der Waals surface area contributed by atoms with Gasteiger partial charge in [-0.15, -0.1) is 0 Å². The number of aromatic nitrogens is 2. The molecule has 0 radical (unpaired) electrons. The standard InChI is InChI=1S/C7H12N4/c1-6(5-8)11-7-9-3-2-4-10-7/h2-4,6H,5,8H2,1H3,(H,9,10,11)/t6-/m0/s1. The van der Waals surface area contributed by atoms with E-state index in [0.717, 1.165) is 0 Å². The van der Waals surface area contributed by atoms with Gasteiger partial charge in [-0.3, -0.25) is 0 Å². The molecule has 0 aromatic carbocycles. The number of hydrogen-bond donors (Lipinski definition) is 2. The van der Waals surface area contributed by atoms with Gasteiger partial charge in [0.05, 0.1) is 0 Å². The van der Waals surface area contributed by atoms with Crippen molar-refractivity contribution < 1.29 is 0 Å². The largest absolute Gasteiger partial charge is 0.351 e. The van der Waals surface area contributed by atoms with Crippen LogP contribution in [0.1, 0.15) is 6.92 Å². The molecule has 0 saturated heterocycles. The number of nitrogens with zero attached hydrogens (tertiary/aromatic N) is 2. The van der Waals surface area contributed by atoms with E-state index in [-0.39, 0.29) is 6.04 Å². The minimum atomic E-state index is 0.220. The van der Waals surface area contributed by atoms with Gasteiger partial charge in [-0.25, -0.2) is 9.97 Å². The molecule has 1 rings (SSSR count). The average Bonchev–Trinajstić information content (AvgIpc) is 2.06. The second-order valence-corrected chi connectivity index (χ2v) is 2.35. The van der Waals surface area contributed by atoms with Crippen molar-refractivity contribution in [3.05, 3.63) is 18.5 Å². The minimum absolute atomic E-state index is 0.220. The lowest BCUT2D eigenvalue weighted by Gasteiger charge is -2.09. The number of nitrogens with one attached hydrogen (secondary N) is 1. The Hall–Kier alpha value is -1.16. The molecule has 11 heavy (non-hydrogen) atoms. The molecular formula is C7H12N4. The third-order valence-electron chi connectivity index (χ3n) is 1.29. The first kappa shape index (κ1) is 7.94. The van der Waals surface area contributed by atoms with Crippen LogP contribution in [0.2, 0.25) is 0 Å². The van der Waals surface area contributed by atoms with Crippen molar-refractivity contribution in [2.45, 2.75) is 13.0 Å². The van der Waals surface area contributed by atoms with Crippen molar-refractivity contribution in [3.63, 3.8) is 0 Å². The summed E-state index contributed by atoms with van der Waals surface area (Å²) in [5.74, 6) is 0.630. The Morgan fingerprint density at radius 3 is 2.73 bits per heavy atom. The maximum Gasteiger partial charge on any atom is 0.222 e. The lowest BCUT2D eigenvalue weighted by molar-refractivity contribution is 0.790. The topological polar surface area (TPSA) is 63.8 Å². The van der Waals surface area contributed by atoms with E-state index in [4.69, 9.17) is 5.73 Å². The van der Waals surface area contributed by atoms with E-state index >= 15 is 0 Å². The molecule has 4 heteroatoms. The Labute approximate surface area is 65.9 Å². The normalized spacial score (nSPS) is 12.5. The van der Waals surface area contributed by atoms with Gasteiger partial charge in [0, 0.05) is 25.0 Å². The van der Waals surface area contributed by atoms with Crippen molar-refractivity contribution in [2.24, 2.45) is 5.73 Å². The van der Waals surface area contributed by atoms with E-state index in [2.05, 4.69) is 15.3 Å². The molecule has 1 aromatic heterocycles. The fourth-order valence-electron chi connectivity index (χ4n) is 0.653. The highest BCUT2D eigenvalue weighted by Crippen LogP contribution is 1.95. The van der Waals surface area contributed by atoms with Crippen LogP contribution in [-0.2, 0) is 0 Å². The summed E-state index contributed by atoms with van der Waals surface area (Å²) in [6.07, 6.45) is 3.39. The summed E-state index contributed by atoms with van der Waals surface area (Å²) in [5, 5.41) is 3.04. The zero-order valence-electron chi connectivity index (χ0n) is 6.49. The van der Waals surface area contributed by atoms with E-state index in [1.54, 1.807) is 18.5 Å². The fourth-order valence-corrected chi connectivity index (χ4v) is 0.653. The minimum Gasteiger partial charge on any atom is -0.351 e. The smallest absolute Gasteiger partial charge is 0.222 e. The SMILES string of the molecule is C[C@@H](CN)Nc1ncccn1. The Morgan fingerprint density at radius 2 is 2.18 bits per heavy atom. The van der Waals surface area contributed by atoms with Crippen molar-refractivity contribution in [3.8, 4) is 0 Å². The number of nitrogens with two attached hydrogens (primary N) is 1. The predicted octanol–water partition coefficient (Wildman–Crippen LogP) is 0.236. The first-order valence-electron chi connectivity index (χ1n) is 3.56. The summed E-state index contributed by atoms with van der Waals surface area (Å²) in [4.78, 5) is 7.98. The zero-order valence-corrected chi connectivity index (χ0v) is 6.49. The lowest BCUT2D eigenvalue weighted by Crippen LogP contribution is -2.26. The van der Waals surface area contributed by atoms with Gasteiger partial charge in [0.25, 0.3) is 0 Å². The maximum atomic E-state index is 5.40. The van der Waals surface area contributed by atoms with E-state index in [0.29, 0.717) is 12.5 Å². The molecule has 0 spiro atoms. The highest BCUT2D eigenvalue weighted by Gasteiger charge is 1.98. The quantitative estimate of drug-likeness (QED) is 0.651. The van der Waals surface area contributed by atoms with Gasteiger partial charge >= 0.3 is 0 Å². The Kier molecular flexibility index (Phi) is 2.80.